The summed E-state index contributed by atoms with van der Waals surface area (Å²) >= 11 is 0. The highest BCUT2D eigenvalue weighted by molar-refractivity contribution is 6.05. The topological polar surface area (TPSA) is 76.2 Å². The maximum atomic E-state index is 12.4. The third-order valence-corrected chi connectivity index (χ3v) is 5.11. The van der Waals surface area contributed by atoms with E-state index in [-0.39, 0.29) is 48.0 Å². The minimum atomic E-state index is -0.291. The molecule has 2 bridgehead atoms. The van der Waals surface area contributed by atoms with Crippen molar-refractivity contribution in [3.8, 4) is 0 Å². The Labute approximate surface area is 127 Å². The van der Waals surface area contributed by atoms with Crippen LogP contribution in [0.3, 0.4) is 0 Å². The highest BCUT2D eigenvalue weighted by Crippen LogP contribution is 2.52. The molecule has 2 aliphatic heterocycles. The van der Waals surface area contributed by atoms with E-state index in [2.05, 4.69) is 0 Å². The molecule has 1 saturated carbocycles. The molecule has 7 heteroatoms. The Balaban J connectivity index is 1.39. The number of hydrogen-bond donors (Lipinski definition) is 0. The van der Waals surface area contributed by atoms with Crippen LogP contribution in [-0.4, -0.2) is 60.6 Å². The second kappa shape index (κ2) is 5.17. The van der Waals surface area contributed by atoms with Gasteiger partial charge >= 0.3 is 0 Å². The Morgan fingerprint density at radius 3 is 2.32 bits per heavy atom. The number of hydrogen-bond acceptors (Lipinski definition) is 5. The first-order chi connectivity index (χ1) is 10.7. The molecule has 4 aliphatic rings. The number of carbonyl (C=O) groups excluding carboxylic acids is 3. The van der Waals surface area contributed by atoms with E-state index < -0.39 is 0 Å². The highest BCUT2D eigenvalue weighted by Gasteiger charge is 2.60. The number of nitrogens with zero attached hydrogens (tertiary/aromatic N) is 2. The van der Waals surface area contributed by atoms with Crippen LogP contribution in [0.1, 0.15) is 6.42 Å². The number of ether oxygens (including phenoxy) is 1. The zero-order chi connectivity index (χ0) is 15.3. The van der Waals surface area contributed by atoms with Crippen LogP contribution in [0.5, 0.6) is 0 Å². The van der Waals surface area contributed by atoms with Gasteiger partial charge in [-0.2, -0.15) is 5.06 Å². The summed E-state index contributed by atoms with van der Waals surface area (Å²) in [6, 6.07) is 0. The number of morpholine rings is 1. The summed E-state index contributed by atoms with van der Waals surface area (Å²) in [4.78, 5) is 43.7. The molecule has 0 aromatic rings. The standard InChI is InChI=1S/C15H18N2O5/c18-11(16-3-5-21-6-4-16)8-22-17-14(19)12-9-1-2-10(7-9)13(12)15(17)20/h1-2,9-10,12-13H,3-8H2/t9-,10-,12-,13-/m0/s1. The van der Waals surface area contributed by atoms with Crippen molar-refractivity contribution in [1.29, 1.82) is 0 Å². The fraction of sp³-hybridized carbons (Fsp3) is 0.667. The zero-order valence-corrected chi connectivity index (χ0v) is 12.1. The Morgan fingerprint density at radius 1 is 1.14 bits per heavy atom. The predicted octanol–water partition coefficient (Wildman–Crippen LogP) is -0.416. The third kappa shape index (κ3) is 1.99. The van der Waals surface area contributed by atoms with Crippen molar-refractivity contribution in [2.45, 2.75) is 6.42 Å². The van der Waals surface area contributed by atoms with Crippen LogP contribution < -0.4 is 0 Å². The molecular formula is C15H18N2O5. The van der Waals surface area contributed by atoms with E-state index in [1.165, 1.54) is 0 Å². The van der Waals surface area contributed by atoms with Crippen LogP contribution >= 0.6 is 0 Å². The first-order valence-corrected chi connectivity index (χ1v) is 7.71. The normalized spacial score (nSPS) is 36.4. The van der Waals surface area contributed by atoms with Gasteiger partial charge in [0.2, 0.25) is 0 Å². The van der Waals surface area contributed by atoms with E-state index >= 15 is 0 Å². The second-order valence-corrected chi connectivity index (χ2v) is 6.24. The van der Waals surface area contributed by atoms with Gasteiger partial charge in [0.1, 0.15) is 0 Å². The van der Waals surface area contributed by atoms with Crippen LogP contribution in [0, 0.1) is 23.7 Å². The van der Waals surface area contributed by atoms with Gasteiger partial charge in [0.15, 0.2) is 6.61 Å². The Kier molecular flexibility index (Phi) is 3.27. The monoisotopic (exact) mass is 306 g/mol. The van der Waals surface area contributed by atoms with Gasteiger partial charge in [-0.05, 0) is 18.3 Å². The van der Waals surface area contributed by atoms with Crippen molar-refractivity contribution in [2.24, 2.45) is 23.7 Å². The Morgan fingerprint density at radius 2 is 1.73 bits per heavy atom. The van der Waals surface area contributed by atoms with Crippen molar-refractivity contribution in [3.05, 3.63) is 12.2 Å². The average molecular weight is 306 g/mol. The fourth-order valence-corrected chi connectivity index (χ4v) is 4.03. The number of fused-ring (bicyclic) bond motifs is 5. The molecule has 0 N–H and O–H groups in total. The average Bonchev–Trinajstić information content (AvgIpc) is 3.21. The quantitative estimate of drug-likeness (QED) is 0.523. The number of allylic oxidation sites excluding steroid dienone is 2. The van der Waals surface area contributed by atoms with Gasteiger partial charge in [-0.1, -0.05) is 12.2 Å². The van der Waals surface area contributed by atoms with Crippen molar-refractivity contribution < 1.29 is 24.0 Å². The lowest BCUT2D eigenvalue weighted by Crippen LogP contribution is -2.44. The number of amides is 3. The minimum absolute atomic E-state index is 0.148. The van der Waals surface area contributed by atoms with Crippen molar-refractivity contribution in [2.75, 3.05) is 32.9 Å². The minimum Gasteiger partial charge on any atom is -0.378 e. The summed E-state index contributed by atoms with van der Waals surface area (Å²) in [5, 5.41) is 0.833. The maximum Gasteiger partial charge on any atom is 0.258 e. The maximum absolute atomic E-state index is 12.4. The summed E-state index contributed by atoms with van der Waals surface area (Å²) in [5.41, 5.74) is 0. The molecule has 0 radical (unpaired) electrons. The van der Waals surface area contributed by atoms with Crippen LogP contribution in [-0.2, 0) is 24.0 Å². The molecule has 0 aromatic carbocycles. The van der Waals surface area contributed by atoms with Crippen LogP contribution in [0.2, 0.25) is 0 Å². The van der Waals surface area contributed by atoms with Crippen LogP contribution in [0.25, 0.3) is 0 Å². The molecule has 118 valence electrons. The smallest absolute Gasteiger partial charge is 0.258 e. The van der Waals surface area contributed by atoms with Gasteiger partial charge < -0.3 is 9.64 Å². The molecule has 2 heterocycles. The molecule has 7 nitrogen and oxygen atoms in total. The van der Waals surface area contributed by atoms with Crippen molar-refractivity contribution in [1.82, 2.24) is 9.96 Å². The lowest BCUT2D eigenvalue weighted by molar-refractivity contribution is -0.193. The molecule has 0 spiro atoms. The van der Waals surface area contributed by atoms with Gasteiger partial charge in [0.25, 0.3) is 17.7 Å². The third-order valence-electron chi connectivity index (χ3n) is 5.11. The molecule has 2 saturated heterocycles. The van der Waals surface area contributed by atoms with Gasteiger partial charge in [-0.3, -0.25) is 19.2 Å². The van der Waals surface area contributed by atoms with Gasteiger partial charge in [-0.15, -0.1) is 0 Å². The molecule has 2 aliphatic carbocycles. The second-order valence-electron chi connectivity index (χ2n) is 6.24. The van der Waals surface area contributed by atoms with E-state index in [0.29, 0.717) is 26.3 Å². The molecule has 4 atom stereocenters. The molecule has 4 rings (SSSR count). The van der Waals surface area contributed by atoms with E-state index in [1.807, 2.05) is 12.2 Å². The van der Waals surface area contributed by atoms with E-state index in [1.54, 1.807) is 4.90 Å². The van der Waals surface area contributed by atoms with Gasteiger partial charge in [-0.25, -0.2) is 0 Å². The first-order valence-electron chi connectivity index (χ1n) is 7.71. The molecule has 0 aromatic heterocycles. The summed E-state index contributed by atoms with van der Waals surface area (Å²) in [6.45, 7) is 1.77. The van der Waals surface area contributed by atoms with E-state index in [4.69, 9.17) is 9.57 Å². The van der Waals surface area contributed by atoms with E-state index in [0.717, 1.165) is 11.5 Å². The van der Waals surface area contributed by atoms with Gasteiger partial charge in [0, 0.05) is 13.1 Å². The van der Waals surface area contributed by atoms with E-state index in [9.17, 15) is 14.4 Å². The SMILES string of the molecule is O=C(CON1C(=O)[C@@H]2[C@@H](C1=O)[C@H]1C=C[C@H]2C1)N1CCOCC1. The number of imide groups is 1. The number of hydroxylamine groups is 2. The Hall–Kier alpha value is -1.73. The zero-order valence-electron chi connectivity index (χ0n) is 12.1. The largest absolute Gasteiger partial charge is 0.378 e. The lowest BCUT2D eigenvalue weighted by Gasteiger charge is -2.27. The Bertz CT molecular complexity index is 524. The summed E-state index contributed by atoms with van der Waals surface area (Å²) in [6.07, 6.45) is 4.94. The van der Waals surface area contributed by atoms with Crippen molar-refractivity contribution in [3.63, 3.8) is 0 Å². The first kappa shape index (κ1) is 13.9. The molecule has 3 amide bonds. The summed E-state index contributed by atoms with van der Waals surface area (Å²) < 4.78 is 5.18. The summed E-state index contributed by atoms with van der Waals surface area (Å²) in [5.74, 6) is -1.09. The van der Waals surface area contributed by atoms with Crippen molar-refractivity contribution >= 4 is 17.7 Å². The number of rotatable bonds is 3. The summed E-state index contributed by atoms with van der Waals surface area (Å²) in [7, 11) is 0. The van der Waals surface area contributed by atoms with Gasteiger partial charge in [0.05, 0.1) is 25.0 Å². The molecule has 0 unspecified atom stereocenters. The molecule has 22 heavy (non-hydrogen) atoms. The molecular weight excluding hydrogens is 288 g/mol. The number of carbonyl (C=O) groups is 3. The van der Waals surface area contributed by atoms with Crippen LogP contribution in [0.15, 0.2) is 12.2 Å². The highest BCUT2D eigenvalue weighted by atomic mass is 16.7. The molecule has 3 fully saturated rings. The fourth-order valence-electron chi connectivity index (χ4n) is 4.03. The predicted molar refractivity (Wildman–Crippen MR) is 72.9 cm³/mol. The van der Waals surface area contributed by atoms with Crippen LogP contribution in [0.4, 0.5) is 0 Å². The lowest BCUT2D eigenvalue weighted by atomic mass is 9.85.